The molecule has 5 nitrogen and oxygen atoms in total. The van der Waals surface area contributed by atoms with Crippen LogP contribution in [0.2, 0.25) is 0 Å². The average molecular weight is 442 g/mol. The molecule has 0 spiro atoms. The molecule has 0 radical (unpaired) electrons. The fraction of sp³-hybridized carbons (Fsp3) is 0.875. The predicted molar refractivity (Wildman–Crippen MR) is 113 cm³/mol. The Balaban J connectivity index is 1.68. The molecule has 3 saturated carbocycles. The van der Waals surface area contributed by atoms with Gasteiger partial charge in [0.1, 0.15) is 0 Å². The van der Waals surface area contributed by atoms with Crippen molar-refractivity contribution in [1.29, 1.82) is 0 Å². The van der Waals surface area contributed by atoms with Crippen LogP contribution in [0.1, 0.15) is 59.3 Å². The normalized spacial score (nSPS) is 48.3. The van der Waals surface area contributed by atoms with Gasteiger partial charge in [-0.2, -0.15) is 0 Å². The molecule has 0 aliphatic heterocycles. The Morgan fingerprint density at radius 1 is 1.16 bits per heavy atom. The Hall–Kier alpha value is -0.890. The van der Waals surface area contributed by atoms with E-state index in [-0.39, 0.29) is 42.5 Å². The highest BCUT2D eigenvalue weighted by atomic mass is 19.3. The molecule has 0 aromatic carbocycles. The Morgan fingerprint density at radius 2 is 1.84 bits per heavy atom. The quantitative estimate of drug-likeness (QED) is 0.625. The number of rotatable bonds is 4. The van der Waals surface area contributed by atoms with E-state index in [4.69, 9.17) is 0 Å². The van der Waals surface area contributed by atoms with Gasteiger partial charge in [0, 0.05) is 17.4 Å². The molecule has 2 unspecified atom stereocenters. The summed E-state index contributed by atoms with van der Waals surface area (Å²) in [6.45, 7) is 5.76. The van der Waals surface area contributed by atoms with Crippen molar-refractivity contribution in [2.75, 3.05) is 13.6 Å². The molecule has 0 saturated heterocycles. The number of hydrogen-bond acceptors (Lipinski definition) is 5. The number of nitrogens with zero attached hydrogens (tertiary/aromatic N) is 1. The second kappa shape index (κ2) is 7.57. The molecule has 7 heteroatoms. The third-order valence-electron chi connectivity index (χ3n) is 9.89. The molecule has 3 N–H and O–H groups in total. The van der Waals surface area contributed by atoms with E-state index < -0.39 is 35.1 Å². The number of halogens is 2. The smallest absolute Gasteiger partial charge is 0.251 e. The van der Waals surface area contributed by atoms with Crippen LogP contribution in [0.25, 0.3) is 0 Å². The van der Waals surface area contributed by atoms with Gasteiger partial charge in [0.05, 0.1) is 24.4 Å². The third kappa shape index (κ3) is 3.25. The van der Waals surface area contributed by atoms with Crippen molar-refractivity contribution >= 4 is 5.78 Å². The van der Waals surface area contributed by atoms with Crippen LogP contribution in [0.4, 0.5) is 8.78 Å². The highest BCUT2D eigenvalue weighted by molar-refractivity contribution is 5.95. The zero-order chi connectivity index (χ0) is 22.9. The van der Waals surface area contributed by atoms with Crippen LogP contribution in [0.15, 0.2) is 11.6 Å². The first-order valence-corrected chi connectivity index (χ1v) is 11.7. The Morgan fingerprint density at radius 3 is 2.48 bits per heavy atom. The van der Waals surface area contributed by atoms with Gasteiger partial charge in [-0.25, -0.2) is 8.78 Å². The van der Waals surface area contributed by atoms with Crippen molar-refractivity contribution in [1.82, 2.24) is 4.90 Å². The lowest BCUT2D eigenvalue weighted by molar-refractivity contribution is -0.153. The summed E-state index contributed by atoms with van der Waals surface area (Å²) >= 11 is 0. The van der Waals surface area contributed by atoms with Crippen LogP contribution in [0.5, 0.6) is 0 Å². The summed E-state index contributed by atoms with van der Waals surface area (Å²) in [6, 6.07) is -0.112. The van der Waals surface area contributed by atoms with Gasteiger partial charge >= 0.3 is 0 Å². The van der Waals surface area contributed by atoms with E-state index in [0.717, 1.165) is 24.8 Å². The highest BCUT2D eigenvalue weighted by Crippen LogP contribution is 2.67. The van der Waals surface area contributed by atoms with E-state index in [1.165, 1.54) is 0 Å². The van der Waals surface area contributed by atoms with E-state index in [2.05, 4.69) is 6.92 Å². The Labute approximate surface area is 183 Å². The summed E-state index contributed by atoms with van der Waals surface area (Å²) in [5.41, 5.74) is -1.36. The summed E-state index contributed by atoms with van der Waals surface area (Å²) < 4.78 is 26.0. The lowest BCUT2D eigenvalue weighted by atomic mass is 9.46. The number of hydrogen-bond donors (Lipinski definition) is 3. The predicted octanol–water partition coefficient (Wildman–Crippen LogP) is 2.78. The minimum atomic E-state index is -2.40. The zero-order valence-corrected chi connectivity index (χ0v) is 19.0. The molecular formula is C24H37F2NO4. The molecule has 31 heavy (non-hydrogen) atoms. The minimum absolute atomic E-state index is 0.0247. The number of ketones is 1. The number of aliphatic hydroxyl groups excluding tert-OH is 2. The van der Waals surface area contributed by atoms with Crippen LogP contribution in [-0.4, -0.2) is 69.9 Å². The first-order valence-electron chi connectivity index (χ1n) is 11.7. The maximum Gasteiger partial charge on any atom is 0.251 e. The van der Waals surface area contributed by atoms with Crippen molar-refractivity contribution in [2.45, 2.75) is 89.6 Å². The van der Waals surface area contributed by atoms with Crippen molar-refractivity contribution in [2.24, 2.45) is 28.6 Å². The molecule has 0 bridgehead atoms. The molecule has 0 aromatic rings. The van der Waals surface area contributed by atoms with Gasteiger partial charge in [-0.1, -0.05) is 13.8 Å². The lowest BCUT2D eigenvalue weighted by Crippen LogP contribution is -2.61. The molecular weight excluding hydrogens is 404 g/mol. The fourth-order valence-electron chi connectivity index (χ4n) is 7.88. The summed E-state index contributed by atoms with van der Waals surface area (Å²) in [7, 11) is 1.72. The monoisotopic (exact) mass is 441 g/mol. The molecule has 4 aliphatic rings. The van der Waals surface area contributed by atoms with Gasteiger partial charge in [0.2, 0.25) is 0 Å². The van der Waals surface area contributed by atoms with Gasteiger partial charge in [-0.3, -0.25) is 9.69 Å². The van der Waals surface area contributed by atoms with E-state index in [1.807, 2.05) is 13.8 Å². The van der Waals surface area contributed by atoms with Crippen molar-refractivity contribution in [3.05, 3.63) is 11.6 Å². The first-order chi connectivity index (χ1) is 14.3. The van der Waals surface area contributed by atoms with Gasteiger partial charge in [-0.05, 0) is 81.4 Å². The van der Waals surface area contributed by atoms with Crippen molar-refractivity contribution < 1.29 is 28.9 Å². The second-order valence-electron chi connectivity index (χ2n) is 11.2. The van der Waals surface area contributed by atoms with E-state index in [9.17, 15) is 28.9 Å². The molecule has 4 aliphatic carbocycles. The maximum absolute atomic E-state index is 13.1. The number of aliphatic hydroxyl groups is 3. The molecule has 176 valence electrons. The molecule has 0 amide bonds. The standard InChI is InChI=1S/C24H37F2NO4/c1-13(27(4)12-21(25)26)14-6-8-24(31)16-9-18(28)17-10-19(29)20(30)11-22(17,2)15(16)5-7-23(14,24)3/h9,13-15,17,19-21,29-31H,5-8,10-12H2,1-4H3/t13?,14-,15?,17+,19-,20+,22-,23-,24-/m1/s1. The zero-order valence-electron chi connectivity index (χ0n) is 19.0. The minimum Gasteiger partial charge on any atom is -0.390 e. The van der Waals surface area contributed by atoms with Crippen LogP contribution in [0.3, 0.4) is 0 Å². The first kappa shape index (κ1) is 23.3. The van der Waals surface area contributed by atoms with E-state index >= 15 is 0 Å². The largest absolute Gasteiger partial charge is 0.390 e. The number of carbonyl (C=O) groups excluding carboxylic acids is 1. The Bertz CT molecular complexity index is 775. The molecule has 0 heterocycles. The van der Waals surface area contributed by atoms with E-state index in [0.29, 0.717) is 12.8 Å². The van der Waals surface area contributed by atoms with Crippen molar-refractivity contribution in [3.63, 3.8) is 0 Å². The average Bonchev–Trinajstić information content (AvgIpc) is 2.95. The summed E-state index contributed by atoms with van der Waals surface area (Å²) in [5, 5.41) is 32.7. The second-order valence-corrected chi connectivity index (χ2v) is 11.2. The van der Waals surface area contributed by atoms with Crippen LogP contribution in [-0.2, 0) is 4.79 Å². The molecule has 0 aromatic heterocycles. The number of fused-ring (bicyclic) bond motifs is 5. The SMILES string of the molecule is CC([C@H]1CC[C@@]2(O)C3=CC(=O)[C@@H]4C[C@@H](O)[C@@H](O)C[C@]4(C)C3CC[C@]12C)N(C)CC(F)F. The van der Waals surface area contributed by atoms with Crippen LogP contribution in [0, 0.1) is 28.6 Å². The fourth-order valence-corrected chi connectivity index (χ4v) is 7.88. The maximum atomic E-state index is 13.1. The summed E-state index contributed by atoms with van der Waals surface area (Å²) in [6.07, 6.45) is 0.847. The van der Waals surface area contributed by atoms with E-state index in [1.54, 1.807) is 18.0 Å². The number of carbonyl (C=O) groups is 1. The van der Waals surface area contributed by atoms with Gasteiger partial charge < -0.3 is 15.3 Å². The third-order valence-corrected chi connectivity index (χ3v) is 9.89. The van der Waals surface area contributed by atoms with Gasteiger partial charge in [-0.15, -0.1) is 0 Å². The Kier molecular flexibility index (Phi) is 5.69. The topological polar surface area (TPSA) is 81.0 Å². The number of allylic oxidation sites excluding steroid dienone is 1. The summed E-state index contributed by atoms with van der Waals surface area (Å²) in [4.78, 5) is 14.8. The van der Waals surface area contributed by atoms with Crippen molar-refractivity contribution in [3.8, 4) is 0 Å². The number of alkyl halides is 2. The lowest BCUT2D eigenvalue weighted by Gasteiger charge is -2.60. The van der Waals surface area contributed by atoms with Gasteiger partial charge in [0.25, 0.3) is 6.43 Å². The molecule has 3 fully saturated rings. The molecule has 4 rings (SSSR count). The highest BCUT2D eigenvalue weighted by Gasteiger charge is 2.67. The van der Waals surface area contributed by atoms with Crippen LogP contribution < -0.4 is 0 Å². The summed E-state index contributed by atoms with van der Waals surface area (Å²) in [5.74, 6) is -0.393. The van der Waals surface area contributed by atoms with Crippen LogP contribution >= 0.6 is 0 Å². The van der Waals surface area contributed by atoms with Gasteiger partial charge in [0.15, 0.2) is 5.78 Å². The molecule has 9 atom stereocenters.